The average Bonchev–Trinajstić information content (AvgIpc) is 2.71. The molecule has 0 atom stereocenters. The molecule has 0 aromatic carbocycles. The summed E-state index contributed by atoms with van der Waals surface area (Å²) in [6, 6.07) is 3.55. The third-order valence-corrected chi connectivity index (χ3v) is 1.96. The molecule has 0 radical (unpaired) electrons. The summed E-state index contributed by atoms with van der Waals surface area (Å²) in [5.74, 6) is 1.68. The minimum atomic E-state index is 0.342. The molecule has 0 fully saturated rings. The van der Waals surface area contributed by atoms with Gasteiger partial charge in [-0.25, -0.2) is 4.98 Å². The zero-order valence-corrected chi connectivity index (χ0v) is 8.24. The van der Waals surface area contributed by atoms with Gasteiger partial charge in [0.15, 0.2) is 10.4 Å². The largest absolute Gasteiger partial charge is 0.444 e. The molecular formula is C8H7BrN2O2. The molecular weight excluding hydrogens is 236 g/mol. The molecule has 0 amide bonds. The molecule has 0 saturated heterocycles. The van der Waals surface area contributed by atoms with Crippen LogP contribution in [0.15, 0.2) is 31.8 Å². The van der Waals surface area contributed by atoms with Crippen LogP contribution in [-0.2, 0) is 6.54 Å². The van der Waals surface area contributed by atoms with E-state index in [9.17, 15) is 0 Å². The smallest absolute Gasteiger partial charge is 0.263 e. The zero-order chi connectivity index (χ0) is 9.26. The molecule has 0 bridgehead atoms. The SMILES string of the molecule is NCc1cnc(-c2ccc(Br)o2)o1. The molecule has 0 aliphatic heterocycles. The van der Waals surface area contributed by atoms with E-state index in [0.29, 0.717) is 28.6 Å². The number of halogens is 1. The van der Waals surface area contributed by atoms with Crippen LogP contribution in [0.2, 0.25) is 0 Å². The average molecular weight is 243 g/mol. The van der Waals surface area contributed by atoms with Gasteiger partial charge >= 0.3 is 0 Å². The fraction of sp³-hybridized carbons (Fsp3) is 0.125. The fourth-order valence-electron chi connectivity index (χ4n) is 0.945. The summed E-state index contributed by atoms with van der Waals surface area (Å²) in [5.41, 5.74) is 5.37. The molecule has 5 heteroatoms. The normalized spacial score (nSPS) is 10.6. The number of rotatable bonds is 2. The molecule has 2 heterocycles. The van der Waals surface area contributed by atoms with Crippen LogP contribution in [0.3, 0.4) is 0 Å². The summed E-state index contributed by atoms with van der Waals surface area (Å²) in [4.78, 5) is 4.01. The quantitative estimate of drug-likeness (QED) is 0.877. The van der Waals surface area contributed by atoms with Gasteiger partial charge in [0.05, 0.1) is 12.7 Å². The first kappa shape index (κ1) is 8.52. The molecule has 0 aliphatic rings. The summed E-state index contributed by atoms with van der Waals surface area (Å²) in [5, 5.41) is 0. The minimum Gasteiger partial charge on any atom is -0.444 e. The molecule has 2 rings (SSSR count). The number of hydrogen-bond acceptors (Lipinski definition) is 4. The van der Waals surface area contributed by atoms with Gasteiger partial charge in [0.1, 0.15) is 5.76 Å². The van der Waals surface area contributed by atoms with Gasteiger partial charge in [-0.1, -0.05) is 0 Å². The van der Waals surface area contributed by atoms with E-state index in [0.717, 1.165) is 0 Å². The van der Waals surface area contributed by atoms with Gasteiger partial charge in [-0.15, -0.1) is 0 Å². The second-order valence-corrected chi connectivity index (χ2v) is 3.22. The lowest BCUT2D eigenvalue weighted by Crippen LogP contribution is -1.92. The van der Waals surface area contributed by atoms with Crippen LogP contribution in [0.4, 0.5) is 0 Å². The highest BCUT2D eigenvalue weighted by Crippen LogP contribution is 2.24. The zero-order valence-electron chi connectivity index (χ0n) is 6.66. The van der Waals surface area contributed by atoms with Gasteiger partial charge in [-0.05, 0) is 28.1 Å². The van der Waals surface area contributed by atoms with E-state index in [1.54, 1.807) is 18.3 Å². The van der Waals surface area contributed by atoms with Crippen molar-refractivity contribution in [1.82, 2.24) is 4.98 Å². The first-order valence-electron chi connectivity index (χ1n) is 3.70. The number of nitrogens with two attached hydrogens (primary N) is 1. The first-order valence-corrected chi connectivity index (χ1v) is 4.49. The molecule has 2 N–H and O–H groups in total. The van der Waals surface area contributed by atoms with E-state index in [2.05, 4.69) is 20.9 Å². The van der Waals surface area contributed by atoms with Gasteiger partial charge < -0.3 is 14.6 Å². The Bertz CT molecular complexity index is 408. The lowest BCUT2D eigenvalue weighted by atomic mass is 10.4. The predicted octanol–water partition coefficient (Wildman–Crippen LogP) is 2.16. The van der Waals surface area contributed by atoms with Crippen molar-refractivity contribution in [1.29, 1.82) is 0 Å². The maximum Gasteiger partial charge on any atom is 0.263 e. The fourth-order valence-corrected chi connectivity index (χ4v) is 1.25. The monoisotopic (exact) mass is 242 g/mol. The van der Waals surface area contributed by atoms with Crippen molar-refractivity contribution in [3.05, 3.63) is 28.8 Å². The van der Waals surface area contributed by atoms with E-state index in [1.807, 2.05) is 0 Å². The summed E-state index contributed by atoms with van der Waals surface area (Å²) in [6.07, 6.45) is 1.59. The predicted molar refractivity (Wildman–Crippen MR) is 49.8 cm³/mol. The Morgan fingerprint density at radius 3 is 2.77 bits per heavy atom. The number of oxazole rings is 1. The molecule has 0 saturated carbocycles. The van der Waals surface area contributed by atoms with Crippen molar-refractivity contribution in [3.8, 4) is 11.7 Å². The van der Waals surface area contributed by atoms with Crippen LogP contribution >= 0.6 is 15.9 Å². The van der Waals surface area contributed by atoms with Gasteiger partial charge in [-0.2, -0.15) is 0 Å². The Hall–Kier alpha value is -1.07. The maximum atomic E-state index is 5.37. The van der Waals surface area contributed by atoms with Gasteiger partial charge in [0.2, 0.25) is 0 Å². The van der Waals surface area contributed by atoms with Gasteiger partial charge in [0, 0.05) is 0 Å². The molecule has 13 heavy (non-hydrogen) atoms. The molecule has 0 aliphatic carbocycles. The van der Waals surface area contributed by atoms with Crippen molar-refractivity contribution in [2.24, 2.45) is 5.73 Å². The summed E-state index contributed by atoms with van der Waals surface area (Å²) in [7, 11) is 0. The number of nitrogens with zero attached hydrogens (tertiary/aromatic N) is 1. The van der Waals surface area contributed by atoms with E-state index in [1.165, 1.54) is 0 Å². The van der Waals surface area contributed by atoms with Crippen LogP contribution in [0.5, 0.6) is 0 Å². The van der Waals surface area contributed by atoms with E-state index >= 15 is 0 Å². The number of aromatic nitrogens is 1. The van der Waals surface area contributed by atoms with Crippen LogP contribution in [-0.4, -0.2) is 4.98 Å². The van der Waals surface area contributed by atoms with Gasteiger partial charge in [-0.3, -0.25) is 0 Å². The number of hydrogen-bond donors (Lipinski definition) is 1. The lowest BCUT2D eigenvalue weighted by molar-refractivity contribution is 0.481. The Labute approximate surface area is 82.9 Å². The van der Waals surface area contributed by atoms with Crippen LogP contribution in [0.25, 0.3) is 11.7 Å². The second-order valence-electron chi connectivity index (χ2n) is 2.44. The molecule has 2 aromatic rings. The highest BCUT2D eigenvalue weighted by molar-refractivity contribution is 9.10. The third-order valence-electron chi connectivity index (χ3n) is 1.54. The van der Waals surface area contributed by atoms with Crippen molar-refractivity contribution in [2.45, 2.75) is 6.54 Å². The summed E-state index contributed by atoms with van der Waals surface area (Å²) >= 11 is 3.19. The summed E-state index contributed by atoms with van der Waals surface area (Å²) in [6.45, 7) is 0.342. The lowest BCUT2D eigenvalue weighted by Gasteiger charge is -1.87. The van der Waals surface area contributed by atoms with Crippen LogP contribution in [0.1, 0.15) is 5.76 Å². The third kappa shape index (κ3) is 1.66. The van der Waals surface area contributed by atoms with Crippen LogP contribution < -0.4 is 5.73 Å². The molecule has 2 aromatic heterocycles. The highest BCUT2D eigenvalue weighted by atomic mass is 79.9. The van der Waals surface area contributed by atoms with Crippen LogP contribution in [0, 0.1) is 0 Å². The topological polar surface area (TPSA) is 65.2 Å². The standard InChI is InChI=1S/C8H7BrN2O2/c9-7-2-1-6(13-7)8-11-4-5(3-10)12-8/h1-2,4H,3,10H2. The van der Waals surface area contributed by atoms with Crippen molar-refractivity contribution >= 4 is 15.9 Å². The van der Waals surface area contributed by atoms with E-state index in [-0.39, 0.29) is 0 Å². The molecule has 0 spiro atoms. The minimum absolute atomic E-state index is 0.342. The second kappa shape index (κ2) is 3.35. The summed E-state index contributed by atoms with van der Waals surface area (Å²) < 4.78 is 11.2. The first-order chi connectivity index (χ1) is 6.29. The Balaban J connectivity index is 2.35. The van der Waals surface area contributed by atoms with Gasteiger partial charge in [0.25, 0.3) is 5.89 Å². The van der Waals surface area contributed by atoms with Crippen molar-refractivity contribution in [2.75, 3.05) is 0 Å². The highest BCUT2D eigenvalue weighted by Gasteiger charge is 2.09. The van der Waals surface area contributed by atoms with Crippen molar-refractivity contribution < 1.29 is 8.83 Å². The van der Waals surface area contributed by atoms with E-state index in [4.69, 9.17) is 14.6 Å². The maximum absolute atomic E-state index is 5.37. The van der Waals surface area contributed by atoms with E-state index < -0.39 is 0 Å². The molecule has 4 nitrogen and oxygen atoms in total. The number of furan rings is 1. The van der Waals surface area contributed by atoms with Crippen molar-refractivity contribution in [3.63, 3.8) is 0 Å². The Morgan fingerprint density at radius 1 is 1.38 bits per heavy atom. The Morgan fingerprint density at radius 2 is 2.23 bits per heavy atom. The molecule has 0 unspecified atom stereocenters. The Kier molecular flexibility index (Phi) is 2.20. The molecule has 68 valence electrons.